The molecule has 0 aromatic carbocycles. The van der Waals surface area contributed by atoms with Gasteiger partial charge in [0.2, 0.25) is 0 Å². The van der Waals surface area contributed by atoms with Crippen LogP contribution < -0.4 is 0 Å². The molecule has 0 spiro atoms. The van der Waals surface area contributed by atoms with Crippen LogP contribution in [0.1, 0.15) is 19.8 Å². The van der Waals surface area contributed by atoms with Gasteiger partial charge < -0.3 is 9.84 Å². The predicted octanol–water partition coefficient (Wildman–Crippen LogP) is 0.256. The van der Waals surface area contributed by atoms with Gasteiger partial charge in [-0.25, -0.2) is 0 Å². The van der Waals surface area contributed by atoms with Crippen LogP contribution in [0.15, 0.2) is 0 Å². The van der Waals surface area contributed by atoms with Gasteiger partial charge in [-0.15, -0.1) is 0 Å². The number of hydrogen-bond donors (Lipinski definition) is 1. The molecule has 1 heterocycles. The van der Waals surface area contributed by atoms with Crippen molar-refractivity contribution in [1.29, 1.82) is 0 Å². The third kappa shape index (κ3) is 3.94. The van der Waals surface area contributed by atoms with E-state index in [2.05, 4.69) is 16.7 Å². The molecule has 98 valence electrons. The Bertz CT molecular complexity index is 268. The topological polar surface area (TPSA) is 53.0 Å². The first-order valence-electron chi connectivity index (χ1n) is 6.49. The quantitative estimate of drug-likeness (QED) is 0.724. The van der Waals surface area contributed by atoms with Crippen molar-refractivity contribution in [3.63, 3.8) is 0 Å². The number of morpholine rings is 1. The maximum absolute atomic E-state index is 10.8. The summed E-state index contributed by atoms with van der Waals surface area (Å²) in [6, 6.07) is 0.478. The molecular weight excluding hydrogens is 220 g/mol. The number of rotatable bonds is 6. The van der Waals surface area contributed by atoms with Crippen LogP contribution in [0.25, 0.3) is 0 Å². The Balaban J connectivity index is 1.82. The van der Waals surface area contributed by atoms with Gasteiger partial charge in [-0.3, -0.25) is 14.6 Å². The molecule has 0 aromatic heterocycles. The third-order valence-electron chi connectivity index (χ3n) is 3.51. The first-order chi connectivity index (χ1) is 8.19. The number of hydrogen-bond acceptors (Lipinski definition) is 4. The zero-order chi connectivity index (χ0) is 12.3. The van der Waals surface area contributed by atoms with E-state index in [1.165, 1.54) is 0 Å². The second-order valence-electron chi connectivity index (χ2n) is 4.94. The van der Waals surface area contributed by atoms with Crippen molar-refractivity contribution in [1.82, 2.24) is 9.80 Å². The van der Waals surface area contributed by atoms with E-state index in [4.69, 9.17) is 9.84 Å². The van der Waals surface area contributed by atoms with E-state index in [-0.39, 0.29) is 12.6 Å². The lowest BCUT2D eigenvalue weighted by Crippen LogP contribution is -2.48. The second kappa shape index (κ2) is 5.80. The van der Waals surface area contributed by atoms with E-state index < -0.39 is 5.97 Å². The highest BCUT2D eigenvalue weighted by Gasteiger charge is 2.33. The minimum Gasteiger partial charge on any atom is -0.480 e. The minimum atomic E-state index is -0.736. The summed E-state index contributed by atoms with van der Waals surface area (Å²) in [5, 5.41) is 8.90. The molecule has 1 saturated heterocycles. The van der Waals surface area contributed by atoms with Crippen molar-refractivity contribution < 1.29 is 14.6 Å². The van der Waals surface area contributed by atoms with Crippen LogP contribution in [0.2, 0.25) is 0 Å². The molecule has 1 unspecified atom stereocenters. The van der Waals surface area contributed by atoms with E-state index in [0.717, 1.165) is 45.6 Å². The highest BCUT2D eigenvalue weighted by atomic mass is 16.5. The summed E-state index contributed by atoms with van der Waals surface area (Å²) in [5.41, 5.74) is 0. The molecule has 1 aliphatic heterocycles. The summed E-state index contributed by atoms with van der Waals surface area (Å²) in [6.45, 7) is 6.80. The van der Waals surface area contributed by atoms with Gasteiger partial charge in [0.15, 0.2) is 0 Å². The number of carboxylic acids is 1. The molecule has 17 heavy (non-hydrogen) atoms. The highest BCUT2D eigenvalue weighted by molar-refractivity contribution is 5.69. The third-order valence-corrected chi connectivity index (χ3v) is 3.51. The zero-order valence-electron chi connectivity index (χ0n) is 10.5. The lowest BCUT2D eigenvalue weighted by atomic mass is 10.2. The lowest BCUT2D eigenvalue weighted by molar-refractivity contribution is -0.139. The molecule has 5 heteroatoms. The molecule has 2 fully saturated rings. The molecule has 2 aliphatic rings. The van der Waals surface area contributed by atoms with Crippen LogP contribution in [0.5, 0.6) is 0 Å². The summed E-state index contributed by atoms with van der Waals surface area (Å²) in [5.74, 6) is -0.736. The maximum atomic E-state index is 10.8. The molecule has 2 rings (SSSR count). The fourth-order valence-electron chi connectivity index (χ4n) is 2.40. The average Bonchev–Trinajstić information content (AvgIpc) is 3.12. The van der Waals surface area contributed by atoms with Gasteiger partial charge in [0.25, 0.3) is 0 Å². The predicted molar refractivity (Wildman–Crippen MR) is 64.1 cm³/mol. The first kappa shape index (κ1) is 12.8. The van der Waals surface area contributed by atoms with E-state index in [1.807, 2.05) is 0 Å². The summed E-state index contributed by atoms with van der Waals surface area (Å²) in [4.78, 5) is 15.2. The molecule has 1 aliphatic carbocycles. The van der Waals surface area contributed by atoms with Crippen LogP contribution in [0.3, 0.4) is 0 Å². The second-order valence-corrected chi connectivity index (χ2v) is 4.94. The fourth-order valence-corrected chi connectivity index (χ4v) is 2.40. The highest BCUT2D eigenvalue weighted by Crippen LogP contribution is 2.27. The van der Waals surface area contributed by atoms with Crippen molar-refractivity contribution in [2.24, 2.45) is 0 Å². The number of carbonyl (C=O) groups is 1. The first-order valence-corrected chi connectivity index (χ1v) is 6.49. The average molecular weight is 242 g/mol. The van der Waals surface area contributed by atoms with E-state index in [0.29, 0.717) is 6.04 Å². The van der Waals surface area contributed by atoms with Crippen molar-refractivity contribution in [2.45, 2.75) is 31.9 Å². The van der Waals surface area contributed by atoms with Gasteiger partial charge in [0.05, 0.1) is 19.3 Å². The molecule has 0 bridgehead atoms. The number of aliphatic carboxylic acids is 1. The van der Waals surface area contributed by atoms with Crippen molar-refractivity contribution in [3.05, 3.63) is 0 Å². The Morgan fingerprint density at radius 1 is 1.53 bits per heavy atom. The van der Waals surface area contributed by atoms with E-state index in [9.17, 15) is 4.79 Å². The lowest BCUT2D eigenvalue weighted by Gasteiger charge is -2.34. The monoisotopic (exact) mass is 242 g/mol. The Morgan fingerprint density at radius 3 is 2.88 bits per heavy atom. The number of nitrogens with zero attached hydrogens (tertiary/aromatic N) is 2. The van der Waals surface area contributed by atoms with Crippen LogP contribution >= 0.6 is 0 Å². The molecule has 1 saturated carbocycles. The normalized spacial score (nSPS) is 26.4. The molecule has 5 nitrogen and oxygen atoms in total. The van der Waals surface area contributed by atoms with Crippen LogP contribution in [-0.2, 0) is 9.53 Å². The van der Waals surface area contributed by atoms with Gasteiger partial charge in [-0.05, 0) is 19.4 Å². The summed E-state index contributed by atoms with van der Waals surface area (Å²) >= 11 is 0. The number of carboxylic acid groups (broad SMARTS) is 1. The largest absolute Gasteiger partial charge is 0.480 e. The van der Waals surface area contributed by atoms with Crippen molar-refractivity contribution in [2.75, 3.05) is 39.3 Å². The van der Waals surface area contributed by atoms with Crippen LogP contribution in [0, 0.1) is 0 Å². The van der Waals surface area contributed by atoms with Gasteiger partial charge in [-0.1, -0.05) is 6.92 Å². The summed E-state index contributed by atoms with van der Waals surface area (Å²) in [6.07, 6.45) is 2.44. The van der Waals surface area contributed by atoms with Gasteiger partial charge >= 0.3 is 5.97 Å². The number of likely N-dealkylation sites (N-methyl/N-ethyl adjacent to an activating group) is 1. The van der Waals surface area contributed by atoms with E-state index >= 15 is 0 Å². The van der Waals surface area contributed by atoms with Crippen LogP contribution in [0.4, 0.5) is 0 Å². The molecular formula is C12H22N2O3. The van der Waals surface area contributed by atoms with Gasteiger partial charge in [0, 0.05) is 25.7 Å². The molecule has 0 aromatic rings. The number of ether oxygens (including phenoxy) is 1. The Hall–Kier alpha value is -0.650. The standard InChI is InChI=1S/C12H22N2O3/c1-2-13-5-6-17-11(7-13)8-14(9-12(15)16)10-3-4-10/h10-11H,2-9H2,1H3,(H,15,16). The summed E-state index contributed by atoms with van der Waals surface area (Å²) < 4.78 is 5.72. The van der Waals surface area contributed by atoms with Crippen molar-refractivity contribution in [3.8, 4) is 0 Å². The fraction of sp³-hybridized carbons (Fsp3) is 0.917. The summed E-state index contributed by atoms with van der Waals surface area (Å²) in [7, 11) is 0. The minimum absolute atomic E-state index is 0.149. The SMILES string of the molecule is CCN1CCOC(CN(CC(=O)O)C2CC2)C1. The Morgan fingerprint density at radius 2 is 2.29 bits per heavy atom. The maximum Gasteiger partial charge on any atom is 0.317 e. The smallest absolute Gasteiger partial charge is 0.317 e. The Kier molecular flexibility index (Phi) is 4.36. The van der Waals surface area contributed by atoms with Gasteiger partial charge in [-0.2, -0.15) is 0 Å². The Labute approximate surface area is 102 Å². The zero-order valence-corrected chi connectivity index (χ0v) is 10.5. The van der Waals surface area contributed by atoms with Crippen LogP contribution in [-0.4, -0.2) is 72.4 Å². The van der Waals surface area contributed by atoms with Crippen molar-refractivity contribution >= 4 is 5.97 Å². The van der Waals surface area contributed by atoms with E-state index in [1.54, 1.807) is 0 Å². The molecule has 1 atom stereocenters. The van der Waals surface area contributed by atoms with Gasteiger partial charge in [0.1, 0.15) is 0 Å². The molecule has 0 radical (unpaired) electrons. The molecule has 1 N–H and O–H groups in total. The molecule has 0 amide bonds.